The van der Waals surface area contributed by atoms with Crippen molar-refractivity contribution < 1.29 is 8.78 Å². The summed E-state index contributed by atoms with van der Waals surface area (Å²) in [6, 6.07) is 9.91. The molecule has 0 aliphatic heterocycles. The molecule has 0 fully saturated rings. The second-order valence-electron chi connectivity index (χ2n) is 8.20. The molecule has 0 bridgehead atoms. The number of H-pyrrole nitrogens is 1. The van der Waals surface area contributed by atoms with Gasteiger partial charge in [-0.05, 0) is 59.5 Å². The van der Waals surface area contributed by atoms with Crippen LogP contribution in [0.25, 0.3) is 17.2 Å². The number of aromatic nitrogens is 8. The molecule has 1 aromatic carbocycles. The Labute approximate surface area is 191 Å². The van der Waals surface area contributed by atoms with Crippen LogP contribution in [0.5, 0.6) is 0 Å². The van der Waals surface area contributed by atoms with E-state index in [0.717, 1.165) is 35.3 Å². The van der Waals surface area contributed by atoms with Gasteiger partial charge in [-0.1, -0.05) is 32.4 Å². The third kappa shape index (κ3) is 4.84. The van der Waals surface area contributed by atoms with Crippen LogP contribution in [0.4, 0.5) is 8.78 Å². The standard InChI is InChI=1S/C23H28F2N8/c1-4-6-7-19-26-22(23(24,25)13-5-2)29-33(19)15-17-8-10-18(11-9-17)32-14-12-16(3)20(32)21-27-30-31-28-21/h8-12,14H,4-7,13,15H2,1-3H3,(H,27,28,30,31). The van der Waals surface area contributed by atoms with Crippen molar-refractivity contribution in [3.8, 4) is 17.2 Å². The van der Waals surface area contributed by atoms with Crippen LogP contribution in [0.2, 0.25) is 0 Å². The smallest absolute Gasteiger partial charge is 0.308 e. The average molecular weight is 455 g/mol. The number of aromatic amines is 1. The number of halogens is 2. The summed E-state index contributed by atoms with van der Waals surface area (Å²) in [6.45, 7) is 6.19. The van der Waals surface area contributed by atoms with Crippen molar-refractivity contribution in [2.24, 2.45) is 0 Å². The van der Waals surface area contributed by atoms with E-state index in [1.165, 1.54) is 0 Å². The molecular weight excluding hydrogens is 426 g/mol. The van der Waals surface area contributed by atoms with Crippen LogP contribution >= 0.6 is 0 Å². The van der Waals surface area contributed by atoms with E-state index < -0.39 is 5.92 Å². The minimum atomic E-state index is -3.01. The number of nitrogens with one attached hydrogen (secondary N) is 1. The van der Waals surface area contributed by atoms with Gasteiger partial charge in [0.2, 0.25) is 5.82 Å². The molecule has 3 aromatic heterocycles. The Bertz CT molecular complexity index is 1180. The first kappa shape index (κ1) is 22.8. The van der Waals surface area contributed by atoms with Crippen molar-refractivity contribution >= 4 is 0 Å². The summed E-state index contributed by atoms with van der Waals surface area (Å²) in [4.78, 5) is 4.22. The van der Waals surface area contributed by atoms with Crippen molar-refractivity contribution in [2.75, 3.05) is 0 Å². The molecule has 0 atom stereocenters. The summed E-state index contributed by atoms with van der Waals surface area (Å²) in [5.41, 5.74) is 3.83. The molecule has 1 N–H and O–H groups in total. The molecule has 3 heterocycles. The summed E-state index contributed by atoms with van der Waals surface area (Å²) in [7, 11) is 0. The van der Waals surface area contributed by atoms with Gasteiger partial charge >= 0.3 is 5.92 Å². The van der Waals surface area contributed by atoms with Gasteiger partial charge in [-0.25, -0.2) is 14.8 Å². The highest BCUT2D eigenvalue weighted by Gasteiger charge is 2.36. The second-order valence-corrected chi connectivity index (χ2v) is 8.20. The van der Waals surface area contributed by atoms with Crippen molar-refractivity contribution in [1.82, 2.24) is 40.0 Å². The Morgan fingerprint density at radius 1 is 1.06 bits per heavy atom. The summed E-state index contributed by atoms with van der Waals surface area (Å²) in [5.74, 6) is -2.19. The molecule has 0 amide bonds. The number of rotatable bonds is 10. The Morgan fingerprint density at radius 3 is 2.52 bits per heavy atom. The molecule has 0 saturated carbocycles. The highest BCUT2D eigenvalue weighted by atomic mass is 19.3. The van der Waals surface area contributed by atoms with Crippen molar-refractivity contribution in [2.45, 2.75) is 65.3 Å². The number of benzene rings is 1. The molecule has 0 unspecified atom stereocenters. The van der Waals surface area contributed by atoms with E-state index in [9.17, 15) is 8.78 Å². The van der Waals surface area contributed by atoms with E-state index in [1.54, 1.807) is 11.6 Å². The maximum absolute atomic E-state index is 14.4. The number of hydrogen-bond donors (Lipinski definition) is 1. The van der Waals surface area contributed by atoms with Crippen LogP contribution in [0.3, 0.4) is 0 Å². The van der Waals surface area contributed by atoms with E-state index in [2.05, 4.69) is 37.6 Å². The topological polar surface area (TPSA) is 90.1 Å². The normalized spacial score (nSPS) is 11.9. The fourth-order valence-electron chi connectivity index (χ4n) is 3.84. The van der Waals surface area contributed by atoms with Gasteiger partial charge in [-0.3, -0.25) is 0 Å². The average Bonchev–Trinajstić information content (AvgIpc) is 3.53. The highest BCUT2D eigenvalue weighted by molar-refractivity contribution is 5.59. The number of tetrazole rings is 1. The quantitative estimate of drug-likeness (QED) is 0.370. The van der Waals surface area contributed by atoms with Gasteiger partial charge < -0.3 is 4.57 Å². The Morgan fingerprint density at radius 2 is 1.85 bits per heavy atom. The largest absolute Gasteiger partial charge is 0.314 e. The van der Waals surface area contributed by atoms with Crippen LogP contribution in [-0.4, -0.2) is 40.0 Å². The number of hydrogen-bond acceptors (Lipinski definition) is 5. The monoisotopic (exact) mass is 454 g/mol. The summed E-state index contributed by atoms with van der Waals surface area (Å²) >= 11 is 0. The van der Waals surface area contributed by atoms with Crippen LogP contribution in [0.15, 0.2) is 36.5 Å². The molecular formula is C23H28F2N8. The third-order valence-electron chi connectivity index (χ3n) is 5.60. The van der Waals surface area contributed by atoms with Gasteiger partial charge in [0.1, 0.15) is 5.82 Å². The van der Waals surface area contributed by atoms with Gasteiger partial charge in [0.05, 0.1) is 12.2 Å². The predicted molar refractivity (Wildman–Crippen MR) is 120 cm³/mol. The maximum Gasteiger partial charge on any atom is 0.308 e. The lowest BCUT2D eigenvalue weighted by Gasteiger charge is -2.11. The molecule has 4 aromatic rings. The first-order valence-corrected chi connectivity index (χ1v) is 11.3. The Balaban J connectivity index is 1.59. The molecule has 10 heteroatoms. The zero-order valence-corrected chi connectivity index (χ0v) is 19.1. The fraction of sp³-hybridized carbons (Fsp3) is 0.435. The SMILES string of the molecule is CCCCc1nc(C(F)(F)CCC)nn1Cc1ccc(-n2ccc(C)c2-c2nnn[nH]2)cc1. The molecule has 0 saturated heterocycles. The minimum Gasteiger partial charge on any atom is -0.314 e. The van der Waals surface area contributed by atoms with Gasteiger partial charge in [0.25, 0.3) is 0 Å². The summed E-state index contributed by atoms with van der Waals surface area (Å²) in [5, 5.41) is 18.4. The minimum absolute atomic E-state index is 0.252. The number of alkyl halides is 2. The van der Waals surface area contributed by atoms with Crippen molar-refractivity contribution in [3.63, 3.8) is 0 Å². The Kier molecular flexibility index (Phi) is 6.62. The van der Waals surface area contributed by atoms with Gasteiger partial charge in [0, 0.05) is 24.7 Å². The summed E-state index contributed by atoms with van der Waals surface area (Å²) in [6.07, 6.45) is 4.55. The van der Waals surface area contributed by atoms with E-state index in [-0.39, 0.29) is 12.2 Å². The van der Waals surface area contributed by atoms with Gasteiger partial charge in [-0.15, -0.1) is 10.2 Å². The molecule has 0 aliphatic rings. The van der Waals surface area contributed by atoms with Crippen LogP contribution in [0.1, 0.15) is 62.3 Å². The number of aryl methyl sites for hydroxylation is 2. The van der Waals surface area contributed by atoms with Crippen molar-refractivity contribution in [3.05, 3.63) is 59.3 Å². The van der Waals surface area contributed by atoms with Crippen molar-refractivity contribution in [1.29, 1.82) is 0 Å². The lowest BCUT2D eigenvalue weighted by molar-refractivity contribution is -0.0232. The lowest BCUT2D eigenvalue weighted by Crippen LogP contribution is -2.15. The van der Waals surface area contributed by atoms with Gasteiger partial charge in [0.15, 0.2) is 5.82 Å². The molecule has 0 spiro atoms. The fourth-order valence-corrected chi connectivity index (χ4v) is 3.84. The van der Waals surface area contributed by atoms with E-state index in [1.807, 2.05) is 48.0 Å². The number of nitrogens with zero attached hydrogens (tertiary/aromatic N) is 7. The predicted octanol–water partition coefficient (Wildman–Crippen LogP) is 4.84. The third-order valence-corrected chi connectivity index (χ3v) is 5.60. The van der Waals surface area contributed by atoms with Crippen LogP contribution < -0.4 is 0 Å². The summed E-state index contributed by atoms with van der Waals surface area (Å²) < 4.78 is 32.5. The highest BCUT2D eigenvalue weighted by Crippen LogP contribution is 2.31. The zero-order chi connectivity index (χ0) is 23.4. The van der Waals surface area contributed by atoms with E-state index in [0.29, 0.717) is 31.0 Å². The van der Waals surface area contributed by atoms with Crippen LogP contribution in [-0.2, 0) is 18.9 Å². The second kappa shape index (κ2) is 9.60. The molecule has 174 valence electrons. The Hall–Kier alpha value is -3.43. The van der Waals surface area contributed by atoms with Crippen LogP contribution in [0, 0.1) is 6.92 Å². The molecule has 33 heavy (non-hydrogen) atoms. The van der Waals surface area contributed by atoms with E-state index >= 15 is 0 Å². The molecule has 8 nitrogen and oxygen atoms in total. The molecule has 4 rings (SSSR count). The van der Waals surface area contributed by atoms with Gasteiger partial charge in [-0.2, -0.15) is 8.78 Å². The maximum atomic E-state index is 14.4. The first-order chi connectivity index (χ1) is 15.9. The zero-order valence-electron chi connectivity index (χ0n) is 19.1. The molecule has 0 radical (unpaired) electrons. The number of unbranched alkanes of at least 4 members (excludes halogenated alkanes) is 1. The molecule has 0 aliphatic carbocycles. The first-order valence-electron chi connectivity index (χ1n) is 11.3. The lowest BCUT2D eigenvalue weighted by atomic mass is 10.2. The van der Waals surface area contributed by atoms with E-state index in [4.69, 9.17) is 0 Å².